The van der Waals surface area contributed by atoms with Gasteiger partial charge in [0.2, 0.25) is 0 Å². The molecule has 5 N–H and O–H groups in total. The van der Waals surface area contributed by atoms with Crippen LogP contribution >= 0.6 is 0 Å². The fourth-order valence-corrected chi connectivity index (χ4v) is 3.36. The van der Waals surface area contributed by atoms with E-state index in [0.29, 0.717) is 11.1 Å². The van der Waals surface area contributed by atoms with Crippen LogP contribution in [0.3, 0.4) is 0 Å². The van der Waals surface area contributed by atoms with Crippen LogP contribution in [-0.2, 0) is 6.54 Å². The van der Waals surface area contributed by atoms with Crippen LogP contribution < -0.4 is 21.1 Å². The first-order valence-electron chi connectivity index (χ1n) is 10.5. The van der Waals surface area contributed by atoms with Gasteiger partial charge in [0.05, 0.1) is 18.4 Å². The lowest BCUT2D eigenvalue weighted by molar-refractivity contribution is -0.153. The minimum absolute atomic E-state index is 0.0388. The van der Waals surface area contributed by atoms with E-state index in [1.165, 1.54) is 26.2 Å². The minimum Gasteiger partial charge on any atom is -0.496 e. The molecule has 1 heterocycles. The normalized spacial score (nSPS) is 12.2. The summed E-state index contributed by atoms with van der Waals surface area (Å²) in [5, 5.41) is 10.9. The lowest BCUT2D eigenvalue weighted by Crippen LogP contribution is -2.45. The summed E-state index contributed by atoms with van der Waals surface area (Å²) in [5.74, 6) is -2.15. The Morgan fingerprint density at radius 1 is 1.14 bits per heavy atom. The highest BCUT2D eigenvalue weighted by Gasteiger charge is 2.40. The van der Waals surface area contributed by atoms with Crippen LogP contribution in [0, 0.1) is 5.82 Å². The number of hydrogen-bond acceptors (Lipinski definition) is 5. The van der Waals surface area contributed by atoms with Gasteiger partial charge in [0.1, 0.15) is 23.2 Å². The van der Waals surface area contributed by atoms with Gasteiger partial charge in [0.25, 0.3) is 11.8 Å². The van der Waals surface area contributed by atoms with E-state index in [9.17, 15) is 27.2 Å². The standard InChI is InChI=1S/C23H23F4N5O3/c1-3-17(23(25,26)27)30-22(34)18-19(31-32-20(18)28)13-6-4-12(5-7-13)11-29-21(33)15-10-14(24)8-9-16(15)35-2/h4-10,17H,3,11H2,1-2H3,(H,29,33)(H,30,34)(H3,28,31,32). The van der Waals surface area contributed by atoms with Gasteiger partial charge in [-0.05, 0) is 30.2 Å². The Hall–Kier alpha value is -4.09. The highest BCUT2D eigenvalue weighted by atomic mass is 19.4. The lowest BCUT2D eigenvalue weighted by atomic mass is 10.0. The van der Waals surface area contributed by atoms with Crippen LogP contribution in [0.4, 0.5) is 23.4 Å². The molecule has 0 fully saturated rings. The van der Waals surface area contributed by atoms with Crippen molar-refractivity contribution >= 4 is 17.6 Å². The Morgan fingerprint density at radius 3 is 2.43 bits per heavy atom. The van der Waals surface area contributed by atoms with Gasteiger partial charge < -0.3 is 21.1 Å². The van der Waals surface area contributed by atoms with Crippen LogP contribution in [0.25, 0.3) is 11.3 Å². The van der Waals surface area contributed by atoms with Crippen molar-refractivity contribution in [2.24, 2.45) is 0 Å². The number of rotatable bonds is 8. The zero-order chi connectivity index (χ0) is 25.8. The molecule has 35 heavy (non-hydrogen) atoms. The molecule has 0 bridgehead atoms. The molecule has 186 valence electrons. The maximum absolute atomic E-state index is 13.5. The minimum atomic E-state index is -4.61. The van der Waals surface area contributed by atoms with Crippen molar-refractivity contribution in [3.05, 3.63) is 65.0 Å². The second kappa shape index (κ2) is 10.5. The van der Waals surface area contributed by atoms with Gasteiger partial charge in [-0.1, -0.05) is 31.2 Å². The number of halogens is 4. The number of carbonyl (C=O) groups excluding carboxylic acids is 2. The molecule has 1 unspecified atom stereocenters. The largest absolute Gasteiger partial charge is 0.496 e. The summed E-state index contributed by atoms with van der Waals surface area (Å²) in [6.07, 6.45) is -4.95. The van der Waals surface area contributed by atoms with Crippen molar-refractivity contribution in [2.45, 2.75) is 32.1 Å². The predicted octanol–water partition coefficient (Wildman–Crippen LogP) is 3.81. The Morgan fingerprint density at radius 2 is 1.83 bits per heavy atom. The molecule has 2 aromatic carbocycles. The van der Waals surface area contributed by atoms with Gasteiger partial charge in [-0.3, -0.25) is 14.7 Å². The first kappa shape index (κ1) is 25.5. The summed E-state index contributed by atoms with van der Waals surface area (Å²) < 4.78 is 57.8. The monoisotopic (exact) mass is 493 g/mol. The average Bonchev–Trinajstić information content (AvgIpc) is 3.21. The van der Waals surface area contributed by atoms with Crippen molar-refractivity contribution < 1.29 is 31.9 Å². The second-order valence-corrected chi connectivity index (χ2v) is 7.56. The summed E-state index contributed by atoms with van der Waals surface area (Å²) in [6.45, 7) is 1.40. The molecule has 3 rings (SSSR count). The van der Waals surface area contributed by atoms with E-state index < -0.39 is 29.8 Å². The number of benzene rings is 2. The molecule has 8 nitrogen and oxygen atoms in total. The molecular formula is C23H23F4N5O3. The number of amides is 2. The van der Waals surface area contributed by atoms with Crippen molar-refractivity contribution in [3.8, 4) is 17.0 Å². The van der Waals surface area contributed by atoms with E-state index in [1.807, 2.05) is 5.32 Å². The number of nitrogens with one attached hydrogen (secondary N) is 3. The highest BCUT2D eigenvalue weighted by Crippen LogP contribution is 2.28. The maximum atomic E-state index is 13.5. The average molecular weight is 493 g/mol. The molecule has 12 heteroatoms. The number of hydrogen-bond donors (Lipinski definition) is 4. The van der Waals surface area contributed by atoms with Gasteiger partial charge in [-0.25, -0.2) is 4.39 Å². The van der Waals surface area contributed by atoms with E-state index in [-0.39, 0.29) is 41.4 Å². The molecule has 0 aliphatic rings. The van der Waals surface area contributed by atoms with Crippen LogP contribution in [-0.4, -0.2) is 41.3 Å². The molecule has 1 atom stereocenters. The van der Waals surface area contributed by atoms with E-state index in [2.05, 4.69) is 15.5 Å². The topological polar surface area (TPSA) is 122 Å². The van der Waals surface area contributed by atoms with Gasteiger partial charge in [-0.15, -0.1) is 0 Å². The molecule has 0 aliphatic heterocycles. The third-order valence-electron chi connectivity index (χ3n) is 5.23. The summed E-state index contributed by atoms with van der Waals surface area (Å²) in [7, 11) is 1.37. The van der Waals surface area contributed by atoms with Gasteiger partial charge in [-0.2, -0.15) is 18.3 Å². The number of nitrogens with two attached hydrogens (primary N) is 1. The van der Waals surface area contributed by atoms with Crippen molar-refractivity contribution in [2.75, 3.05) is 12.8 Å². The fourth-order valence-electron chi connectivity index (χ4n) is 3.36. The second-order valence-electron chi connectivity index (χ2n) is 7.56. The zero-order valence-electron chi connectivity index (χ0n) is 18.8. The number of nitrogens with zero attached hydrogens (tertiary/aromatic N) is 1. The quantitative estimate of drug-likeness (QED) is 0.356. The van der Waals surface area contributed by atoms with Crippen molar-refractivity contribution in [1.82, 2.24) is 20.8 Å². The number of nitrogen functional groups attached to an aromatic ring is 1. The summed E-state index contributed by atoms with van der Waals surface area (Å²) in [5.41, 5.74) is 6.84. The number of ether oxygens (including phenoxy) is 1. The van der Waals surface area contributed by atoms with Crippen molar-refractivity contribution in [3.63, 3.8) is 0 Å². The maximum Gasteiger partial charge on any atom is 0.408 e. The van der Waals surface area contributed by atoms with E-state index in [1.54, 1.807) is 24.3 Å². The molecule has 0 aliphatic carbocycles. The first-order chi connectivity index (χ1) is 16.5. The van der Waals surface area contributed by atoms with E-state index in [4.69, 9.17) is 10.5 Å². The van der Waals surface area contributed by atoms with Crippen LogP contribution in [0.1, 0.15) is 39.6 Å². The number of anilines is 1. The number of methoxy groups -OCH3 is 1. The number of carbonyl (C=O) groups is 2. The SMILES string of the molecule is CCC(NC(=O)c1c(N)n[nH]c1-c1ccc(CNC(=O)c2cc(F)ccc2OC)cc1)C(F)(F)F. The Balaban J connectivity index is 1.74. The van der Waals surface area contributed by atoms with Gasteiger partial charge in [0, 0.05) is 12.1 Å². The smallest absolute Gasteiger partial charge is 0.408 e. The molecule has 3 aromatic rings. The molecule has 0 saturated carbocycles. The van der Waals surface area contributed by atoms with Crippen molar-refractivity contribution in [1.29, 1.82) is 0 Å². The lowest BCUT2D eigenvalue weighted by Gasteiger charge is -2.20. The van der Waals surface area contributed by atoms with Gasteiger partial charge in [0.15, 0.2) is 5.82 Å². The summed E-state index contributed by atoms with van der Waals surface area (Å²) in [4.78, 5) is 25.0. The summed E-state index contributed by atoms with van der Waals surface area (Å²) in [6, 6.07) is 8.03. The number of aromatic nitrogens is 2. The van der Waals surface area contributed by atoms with E-state index >= 15 is 0 Å². The van der Waals surface area contributed by atoms with Crippen LogP contribution in [0.5, 0.6) is 5.75 Å². The first-order valence-corrected chi connectivity index (χ1v) is 10.5. The molecule has 0 radical (unpaired) electrons. The number of alkyl halides is 3. The molecule has 0 spiro atoms. The molecule has 0 saturated heterocycles. The fraction of sp³-hybridized carbons (Fsp3) is 0.261. The highest BCUT2D eigenvalue weighted by molar-refractivity contribution is 6.04. The number of H-pyrrole nitrogens is 1. The summed E-state index contributed by atoms with van der Waals surface area (Å²) >= 11 is 0. The molecule has 1 aromatic heterocycles. The Labute approximate surface area is 197 Å². The third-order valence-corrected chi connectivity index (χ3v) is 5.23. The molecular weight excluding hydrogens is 470 g/mol. The number of aromatic amines is 1. The van der Waals surface area contributed by atoms with E-state index in [0.717, 1.165) is 6.07 Å². The Bertz CT molecular complexity index is 1210. The third kappa shape index (κ3) is 5.89. The predicted molar refractivity (Wildman–Crippen MR) is 120 cm³/mol. The van der Waals surface area contributed by atoms with Gasteiger partial charge >= 0.3 is 6.18 Å². The van der Waals surface area contributed by atoms with Crippen LogP contribution in [0.15, 0.2) is 42.5 Å². The Kier molecular flexibility index (Phi) is 7.62. The zero-order valence-corrected chi connectivity index (χ0v) is 18.8. The van der Waals surface area contributed by atoms with Crippen LogP contribution in [0.2, 0.25) is 0 Å². The molecule has 2 amide bonds.